The van der Waals surface area contributed by atoms with Crippen molar-refractivity contribution in [2.24, 2.45) is 0 Å². The highest BCUT2D eigenvalue weighted by molar-refractivity contribution is 9.10. The van der Waals surface area contributed by atoms with Gasteiger partial charge < -0.3 is 10.6 Å². The summed E-state index contributed by atoms with van der Waals surface area (Å²) in [5, 5.41) is 6.85. The lowest BCUT2D eigenvalue weighted by molar-refractivity contribution is 0.0853. The highest BCUT2D eigenvalue weighted by atomic mass is 79.9. The first-order chi connectivity index (χ1) is 9.56. The van der Waals surface area contributed by atoms with Gasteiger partial charge in [-0.15, -0.1) is 0 Å². The van der Waals surface area contributed by atoms with E-state index < -0.39 is 0 Å². The van der Waals surface area contributed by atoms with Crippen molar-refractivity contribution >= 4 is 21.8 Å². The van der Waals surface area contributed by atoms with Crippen molar-refractivity contribution in [1.82, 2.24) is 10.6 Å². The van der Waals surface area contributed by atoms with Crippen molar-refractivity contribution in [2.45, 2.75) is 50.6 Å². The average Bonchev–Trinajstić information content (AvgIpc) is 2.36. The first-order valence-electron chi connectivity index (χ1n) is 7.39. The van der Waals surface area contributed by atoms with Crippen molar-refractivity contribution in [2.75, 3.05) is 6.54 Å². The second-order valence-corrected chi connectivity index (χ2v) is 7.16. The molecule has 108 valence electrons. The van der Waals surface area contributed by atoms with Crippen LogP contribution in [0.3, 0.4) is 0 Å². The molecule has 1 saturated heterocycles. The number of halogens is 1. The Kier molecular flexibility index (Phi) is 3.87. The van der Waals surface area contributed by atoms with Crippen LogP contribution in [0.5, 0.6) is 0 Å². The van der Waals surface area contributed by atoms with Crippen LogP contribution in [0.1, 0.15) is 48.0 Å². The molecule has 1 aromatic rings. The Morgan fingerprint density at radius 1 is 1.40 bits per heavy atom. The maximum atomic E-state index is 12.4. The van der Waals surface area contributed by atoms with Gasteiger partial charge in [-0.2, -0.15) is 0 Å². The smallest absolute Gasteiger partial charge is 0.251 e. The molecule has 3 rings (SSSR count). The zero-order valence-corrected chi connectivity index (χ0v) is 13.4. The fourth-order valence-electron chi connectivity index (χ4n) is 3.40. The van der Waals surface area contributed by atoms with Crippen molar-refractivity contribution < 1.29 is 4.79 Å². The summed E-state index contributed by atoms with van der Waals surface area (Å²) in [7, 11) is 0. The lowest BCUT2D eigenvalue weighted by atomic mass is 9.70. The minimum absolute atomic E-state index is 0.0516. The van der Waals surface area contributed by atoms with Crippen molar-refractivity contribution in [3.63, 3.8) is 0 Å². The van der Waals surface area contributed by atoms with Crippen LogP contribution >= 0.6 is 15.9 Å². The van der Waals surface area contributed by atoms with Crippen LogP contribution < -0.4 is 10.6 Å². The highest BCUT2D eigenvalue weighted by Gasteiger charge is 2.41. The maximum Gasteiger partial charge on any atom is 0.251 e. The summed E-state index contributed by atoms with van der Waals surface area (Å²) in [5.41, 5.74) is 2.17. The molecular formula is C16H21BrN2O. The lowest BCUT2D eigenvalue weighted by Gasteiger charge is -2.48. The van der Waals surface area contributed by atoms with Gasteiger partial charge in [0.05, 0.1) is 0 Å². The predicted molar refractivity (Wildman–Crippen MR) is 84.0 cm³/mol. The van der Waals surface area contributed by atoms with Gasteiger partial charge in [-0.05, 0) is 69.3 Å². The first kappa shape index (κ1) is 14.1. The summed E-state index contributed by atoms with van der Waals surface area (Å²) in [6, 6.07) is 6.16. The zero-order chi connectivity index (χ0) is 14.2. The first-order valence-corrected chi connectivity index (χ1v) is 8.19. The van der Waals surface area contributed by atoms with Gasteiger partial charge in [-0.25, -0.2) is 0 Å². The topological polar surface area (TPSA) is 41.1 Å². The lowest BCUT2D eigenvalue weighted by Crippen LogP contribution is -2.59. The van der Waals surface area contributed by atoms with Gasteiger partial charge in [0.25, 0.3) is 5.91 Å². The molecule has 1 aromatic carbocycles. The molecule has 0 aromatic heterocycles. The molecule has 1 unspecified atom stereocenters. The van der Waals surface area contributed by atoms with Crippen LogP contribution in [0.25, 0.3) is 0 Å². The van der Waals surface area contributed by atoms with E-state index >= 15 is 0 Å². The fourth-order valence-corrected chi connectivity index (χ4v) is 4.01. The molecule has 4 heteroatoms. The van der Waals surface area contributed by atoms with E-state index in [9.17, 15) is 4.79 Å². The van der Waals surface area contributed by atoms with E-state index in [-0.39, 0.29) is 5.91 Å². The Balaban J connectivity index is 1.66. The van der Waals surface area contributed by atoms with E-state index in [1.165, 1.54) is 19.3 Å². The largest absolute Gasteiger partial charge is 0.349 e. The highest BCUT2D eigenvalue weighted by Crippen LogP contribution is 2.38. The predicted octanol–water partition coefficient (Wildman–Crippen LogP) is 3.16. The van der Waals surface area contributed by atoms with E-state index in [1.54, 1.807) is 0 Å². The molecule has 1 heterocycles. The molecule has 1 saturated carbocycles. The second kappa shape index (κ2) is 5.49. The van der Waals surface area contributed by atoms with Gasteiger partial charge in [-0.3, -0.25) is 4.79 Å². The number of carbonyl (C=O) groups excluding carboxylic acids is 1. The molecule has 1 atom stereocenters. The van der Waals surface area contributed by atoms with Gasteiger partial charge in [-0.1, -0.05) is 15.9 Å². The third-order valence-electron chi connectivity index (χ3n) is 4.58. The quantitative estimate of drug-likeness (QED) is 0.870. The Hall–Kier alpha value is -0.870. The number of aryl methyl sites for hydroxylation is 1. The molecule has 0 bridgehead atoms. The number of hydrogen-bond donors (Lipinski definition) is 2. The van der Waals surface area contributed by atoms with E-state index in [0.717, 1.165) is 35.0 Å². The summed E-state index contributed by atoms with van der Waals surface area (Å²) in [6.45, 7) is 3.03. The van der Waals surface area contributed by atoms with E-state index in [0.29, 0.717) is 11.6 Å². The fraction of sp³-hybridized carbons (Fsp3) is 0.562. The number of nitrogens with one attached hydrogen (secondary N) is 2. The summed E-state index contributed by atoms with van der Waals surface area (Å²) in [6.07, 6.45) is 5.94. The summed E-state index contributed by atoms with van der Waals surface area (Å²) in [4.78, 5) is 12.4. The Bertz CT molecular complexity index is 505. The van der Waals surface area contributed by atoms with E-state index in [1.807, 2.05) is 25.1 Å². The molecule has 1 aliphatic carbocycles. The van der Waals surface area contributed by atoms with Gasteiger partial charge >= 0.3 is 0 Å². The number of benzene rings is 1. The minimum Gasteiger partial charge on any atom is -0.349 e. The molecule has 1 aliphatic heterocycles. The third kappa shape index (κ3) is 2.91. The molecule has 2 aliphatic rings. The summed E-state index contributed by atoms with van der Waals surface area (Å²) in [5.74, 6) is 0.0516. The number of hydrogen-bond acceptors (Lipinski definition) is 2. The molecular weight excluding hydrogens is 316 g/mol. The van der Waals surface area contributed by atoms with Crippen molar-refractivity contribution in [3.8, 4) is 0 Å². The molecule has 1 spiro atoms. The van der Waals surface area contributed by atoms with Crippen molar-refractivity contribution in [1.29, 1.82) is 0 Å². The molecule has 1 amide bonds. The van der Waals surface area contributed by atoms with E-state index in [2.05, 4.69) is 26.6 Å². The number of rotatable bonds is 2. The van der Waals surface area contributed by atoms with Crippen LogP contribution in [0.15, 0.2) is 22.7 Å². The molecule has 20 heavy (non-hydrogen) atoms. The minimum atomic E-state index is 0.0516. The molecule has 2 fully saturated rings. The Morgan fingerprint density at radius 3 is 2.85 bits per heavy atom. The number of piperidine rings is 1. The third-order valence-corrected chi connectivity index (χ3v) is 5.04. The van der Waals surface area contributed by atoms with Crippen LogP contribution in [-0.2, 0) is 0 Å². The summed E-state index contributed by atoms with van der Waals surface area (Å²) >= 11 is 3.45. The average molecular weight is 337 g/mol. The van der Waals surface area contributed by atoms with Crippen LogP contribution in [0.2, 0.25) is 0 Å². The standard InChI is InChI=1S/C16H21BrN2O/c1-11-7-12(9-13(17)8-11)15(20)19-14-3-6-18-16(10-14)4-2-5-16/h7-9,14,18H,2-6,10H2,1H3,(H,19,20). The van der Waals surface area contributed by atoms with Crippen molar-refractivity contribution in [3.05, 3.63) is 33.8 Å². The van der Waals surface area contributed by atoms with Gasteiger partial charge in [0.1, 0.15) is 0 Å². The van der Waals surface area contributed by atoms with Crippen LogP contribution in [0, 0.1) is 6.92 Å². The normalized spacial score (nSPS) is 24.2. The summed E-state index contributed by atoms with van der Waals surface area (Å²) < 4.78 is 0.962. The van der Waals surface area contributed by atoms with Gasteiger partial charge in [0.2, 0.25) is 0 Å². The molecule has 0 radical (unpaired) electrons. The maximum absolute atomic E-state index is 12.4. The number of amides is 1. The Labute approximate surface area is 128 Å². The molecule has 2 N–H and O–H groups in total. The van der Waals surface area contributed by atoms with E-state index in [4.69, 9.17) is 0 Å². The van der Waals surface area contributed by atoms with Crippen LogP contribution in [0.4, 0.5) is 0 Å². The number of carbonyl (C=O) groups is 1. The van der Waals surface area contributed by atoms with Gasteiger partial charge in [0.15, 0.2) is 0 Å². The zero-order valence-electron chi connectivity index (χ0n) is 11.8. The van der Waals surface area contributed by atoms with Gasteiger partial charge in [0, 0.05) is 21.6 Å². The van der Waals surface area contributed by atoms with Crippen LogP contribution in [-0.4, -0.2) is 24.0 Å². The molecule has 3 nitrogen and oxygen atoms in total. The second-order valence-electron chi connectivity index (χ2n) is 6.24. The monoisotopic (exact) mass is 336 g/mol. The SMILES string of the molecule is Cc1cc(Br)cc(C(=O)NC2CCNC3(CCC3)C2)c1. The Morgan fingerprint density at radius 2 is 2.20 bits per heavy atom.